The third-order valence-corrected chi connectivity index (χ3v) is 1.53. The molecule has 0 saturated carbocycles. The van der Waals surface area contributed by atoms with E-state index in [0.717, 1.165) is 12.3 Å². The molecule has 0 aromatic carbocycles. The number of rotatable bonds is 2. The van der Waals surface area contributed by atoms with Crippen molar-refractivity contribution in [2.75, 3.05) is 0 Å². The summed E-state index contributed by atoms with van der Waals surface area (Å²) in [5.74, 6) is -2.56. The van der Waals surface area contributed by atoms with Crippen LogP contribution in [-0.2, 0) is 9.53 Å². The lowest BCUT2D eigenvalue weighted by atomic mass is 10.4. The van der Waals surface area contributed by atoms with E-state index in [2.05, 4.69) is 9.15 Å². The van der Waals surface area contributed by atoms with Gasteiger partial charge in [-0.25, -0.2) is 4.79 Å². The zero-order valence-electron chi connectivity index (χ0n) is 7.05. The summed E-state index contributed by atoms with van der Waals surface area (Å²) in [5, 5.41) is 0.142. The van der Waals surface area contributed by atoms with Crippen LogP contribution in [0, 0.1) is 0 Å². The van der Waals surface area contributed by atoms with Gasteiger partial charge in [0.05, 0.1) is 5.02 Å². The third-order valence-electron chi connectivity index (χ3n) is 1.33. The molecule has 15 heavy (non-hydrogen) atoms. The minimum atomic E-state index is -5.09. The lowest BCUT2D eigenvalue weighted by Crippen LogP contribution is -2.29. The fraction of sp³-hybridized carbons (Fsp3) is 0.286. The number of hydrogen-bond donors (Lipinski definition) is 1. The molecule has 0 saturated heterocycles. The van der Waals surface area contributed by atoms with Gasteiger partial charge in [0.2, 0.25) is 6.23 Å². The van der Waals surface area contributed by atoms with Gasteiger partial charge in [0.25, 0.3) is 0 Å². The van der Waals surface area contributed by atoms with Crippen molar-refractivity contribution in [3.05, 3.63) is 23.1 Å². The highest BCUT2D eigenvalue weighted by molar-refractivity contribution is 6.30. The predicted octanol–water partition coefficient (Wildman–Crippen LogP) is 2.00. The molecule has 1 aromatic rings. The van der Waals surface area contributed by atoms with E-state index in [4.69, 9.17) is 17.3 Å². The molecular weight excluding hydrogens is 239 g/mol. The van der Waals surface area contributed by atoms with E-state index in [1.165, 1.54) is 0 Å². The van der Waals surface area contributed by atoms with Crippen molar-refractivity contribution in [3.8, 4) is 0 Å². The maximum atomic E-state index is 11.7. The van der Waals surface area contributed by atoms with Gasteiger partial charge >= 0.3 is 12.1 Å². The lowest BCUT2D eigenvalue weighted by molar-refractivity contribution is -0.205. The summed E-state index contributed by atoms with van der Waals surface area (Å²) in [7, 11) is 0. The first-order chi connectivity index (χ1) is 6.80. The van der Waals surface area contributed by atoms with E-state index >= 15 is 0 Å². The number of ether oxygens (including phenoxy) is 1. The van der Waals surface area contributed by atoms with E-state index < -0.39 is 18.4 Å². The van der Waals surface area contributed by atoms with Gasteiger partial charge in [0.1, 0.15) is 6.26 Å². The fourth-order valence-electron chi connectivity index (χ4n) is 0.718. The van der Waals surface area contributed by atoms with Crippen molar-refractivity contribution in [2.45, 2.75) is 12.4 Å². The summed E-state index contributed by atoms with van der Waals surface area (Å²) in [5.41, 5.74) is 5.11. The number of carbonyl (C=O) groups is 1. The first kappa shape index (κ1) is 11.9. The van der Waals surface area contributed by atoms with Crippen LogP contribution in [0.3, 0.4) is 0 Å². The number of alkyl halides is 3. The summed E-state index contributed by atoms with van der Waals surface area (Å²) in [6, 6.07) is 1.15. The number of furan rings is 1. The third kappa shape index (κ3) is 3.14. The smallest absolute Gasteiger partial charge is 0.462 e. The topological polar surface area (TPSA) is 65.5 Å². The van der Waals surface area contributed by atoms with E-state index in [1.807, 2.05) is 0 Å². The molecule has 84 valence electrons. The van der Waals surface area contributed by atoms with Gasteiger partial charge in [0.15, 0.2) is 5.76 Å². The van der Waals surface area contributed by atoms with Gasteiger partial charge in [-0.1, -0.05) is 11.6 Å². The summed E-state index contributed by atoms with van der Waals surface area (Å²) >= 11 is 5.42. The number of esters is 1. The molecule has 0 fully saturated rings. The molecule has 0 bridgehead atoms. The highest BCUT2D eigenvalue weighted by Gasteiger charge is 2.42. The van der Waals surface area contributed by atoms with E-state index in [0.29, 0.717) is 0 Å². The second kappa shape index (κ2) is 4.11. The molecule has 0 radical (unpaired) electrons. The molecule has 0 amide bonds. The highest BCUT2D eigenvalue weighted by atomic mass is 35.5. The van der Waals surface area contributed by atoms with Crippen LogP contribution in [0.15, 0.2) is 16.7 Å². The van der Waals surface area contributed by atoms with E-state index in [9.17, 15) is 18.0 Å². The maximum absolute atomic E-state index is 11.7. The maximum Gasteiger partial charge on any atom is 0.490 e. The van der Waals surface area contributed by atoms with Crippen molar-refractivity contribution in [3.63, 3.8) is 0 Å². The van der Waals surface area contributed by atoms with Crippen LogP contribution >= 0.6 is 11.6 Å². The standard InChI is InChI=1S/C7H5ClF3NO3/c8-3-1-4(14-2-3)5(12)15-6(13)7(9,10)11/h1-2,5H,12H2. The normalized spacial score (nSPS) is 13.7. The molecular formula is C7H5ClF3NO3. The Balaban J connectivity index is 2.64. The van der Waals surface area contributed by atoms with Crippen molar-refractivity contribution in [1.29, 1.82) is 0 Å². The molecule has 2 N–H and O–H groups in total. The molecule has 1 aromatic heterocycles. The quantitative estimate of drug-likeness (QED) is 0.637. The average Bonchev–Trinajstić information content (AvgIpc) is 2.50. The molecule has 4 nitrogen and oxygen atoms in total. The Morgan fingerprint density at radius 1 is 1.60 bits per heavy atom. The second-order valence-corrected chi connectivity index (χ2v) is 2.93. The van der Waals surface area contributed by atoms with Crippen LogP contribution < -0.4 is 5.73 Å². The van der Waals surface area contributed by atoms with Gasteiger partial charge in [-0.3, -0.25) is 5.73 Å². The minimum absolute atomic E-state index is 0.142. The number of halogens is 4. The van der Waals surface area contributed by atoms with Gasteiger partial charge < -0.3 is 9.15 Å². The molecule has 0 aliphatic heterocycles. The van der Waals surface area contributed by atoms with Crippen LogP contribution in [0.5, 0.6) is 0 Å². The summed E-state index contributed by atoms with van der Waals surface area (Å²) in [4.78, 5) is 10.4. The minimum Gasteiger partial charge on any atom is -0.462 e. The SMILES string of the molecule is NC(OC(=O)C(F)(F)F)c1cc(Cl)co1. The Hall–Kier alpha value is -1.21. The average molecular weight is 244 g/mol. The van der Waals surface area contributed by atoms with E-state index in [-0.39, 0.29) is 10.8 Å². The zero-order valence-corrected chi connectivity index (χ0v) is 7.80. The zero-order chi connectivity index (χ0) is 11.6. The Kier molecular flexibility index (Phi) is 3.25. The van der Waals surface area contributed by atoms with Crippen LogP contribution in [-0.4, -0.2) is 12.1 Å². The van der Waals surface area contributed by atoms with Crippen molar-refractivity contribution in [2.24, 2.45) is 5.73 Å². The summed E-state index contributed by atoms with van der Waals surface area (Å²) in [6.45, 7) is 0. The highest BCUT2D eigenvalue weighted by Crippen LogP contribution is 2.23. The van der Waals surface area contributed by atoms with Crippen molar-refractivity contribution < 1.29 is 27.1 Å². The van der Waals surface area contributed by atoms with Crippen LogP contribution in [0.4, 0.5) is 13.2 Å². The molecule has 0 spiro atoms. The predicted molar refractivity (Wildman–Crippen MR) is 42.8 cm³/mol. The van der Waals surface area contributed by atoms with Gasteiger partial charge in [-0.15, -0.1) is 0 Å². The molecule has 0 aliphatic rings. The number of hydrogen-bond acceptors (Lipinski definition) is 4. The molecule has 1 atom stereocenters. The Morgan fingerprint density at radius 3 is 2.60 bits per heavy atom. The Morgan fingerprint density at radius 2 is 2.20 bits per heavy atom. The van der Waals surface area contributed by atoms with Crippen molar-refractivity contribution in [1.82, 2.24) is 0 Å². The lowest BCUT2D eigenvalue weighted by Gasteiger charge is -2.11. The Bertz CT molecular complexity index is 363. The number of carbonyl (C=O) groups excluding carboxylic acids is 1. The fourth-order valence-corrected chi connectivity index (χ4v) is 0.870. The molecule has 8 heteroatoms. The van der Waals surface area contributed by atoms with Crippen molar-refractivity contribution >= 4 is 17.6 Å². The molecule has 0 aliphatic carbocycles. The summed E-state index contributed by atoms with van der Waals surface area (Å²) in [6.07, 6.45) is -5.67. The first-order valence-electron chi connectivity index (χ1n) is 3.58. The van der Waals surface area contributed by atoms with Gasteiger partial charge in [-0.05, 0) is 0 Å². The molecule has 1 rings (SSSR count). The molecule has 1 heterocycles. The van der Waals surface area contributed by atoms with Gasteiger partial charge in [0, 0.05) is 6.07 Å². The molecule has 1 unspecified atom stereocenters. The summed E-state index contributed by atoms with van der Waals surface area (Å²) < 4.78 is 43.7. The Labute approximate surface area is 86.7 Å². The largest absolute Gasteiger partial charge is 0.490 e. The number of nitrogens with two attached hydrogens (primary N) is 1. The monoisotopic (exact) mass is 243 g/mol. The van der Waals surface area contributed by atoms with Crippen LogP contribution in [0.1, 0.15) is 12.0 Å². The van der Waals surface area contributed by atoms with E-state index in [1.54, 1.807) is 0 Å². The second-order valence-electron chi connectivity index (χ2n) is 2.49. The van der Waals surface area contributed by atoms with Gasteiger partial charge in [-0.2, -0.15) is 13.2 Å². The van der Waals surface area contributed by atoms with Crippen LogP contribution in [0.25, 0.3) is 0 Å². The van der Waals surface area contributed by atoms with Crippen LogP contribution in [0.2, 0.25) is 5.02 Å². The first-order valence-corrected chi connectivity index (χ1v) is 3.96.